The molecule has 144 valence electrons. The molecule has 1 aromatic rings. The topological polar surface area (TPSA) is 59.0 Å². The second kappa shape index (κ2) is 9.46. The molecule has 0 spiro atoms. The number of benzene rings is 1. The highest BCUT2D eigenvalue weighted by atomic mass is 32.2. The molecule has 0 radical (unpaired) electrons. The van der Waals surface area contributed by atoms with E-state index >= 15 is 0 Å². The van der Waals surface area contributed by atoms with Gasteiger partial charge in [0.25, 0.3) is 0 Å². The SMILES string of the molecule is CCOC(=O)[C@@]1(CC2SCCS2)C[C@H](CCO)ON1Cc1ccccc1. The minimum absolute atomic E-state index is 0.0513. The first kappa shape index (κ1) is 20.0. The van der Waals surface area contributed by atoms with Gasteiger partial charge in [-0.3, -0.25) is 4.84 Å². The number of hydrogen-bond acceptors (Lipinski definition) is 7. The summed E-state index contributed by atoms with van der Waals surface area (Å²) < 4.78 is 5.86. The third kappa shape index (κ3) is 4.57. The lowest BCUT2D eigenvalue weighted by atomic mass is 9.88. The molecule has 2 fully saturated rings. The number of aliphatic hydroxyl groups excluding tert-OH is 1. The highest BCUT2D eigenvalue weighted by molar-refractivity contribution is 8.20. The standard InChI is InChI=1S/C19H27NO4S2/c1-2-23-18(22)19(13-17-25-10-11-26-17)12-16(8-9-21)24-20(19)14-15-6-4-3-5-7-15/h3-7,16-17,21H,2,8-14H2,1H3/t16-,19-/m0/s1. The van der Waals surface area contributed by atoms with Crippen molar-refractivity contribution < 1.29 is 19.5 Å². The Hall–Kier alpha value is -0.730. The van der Waals surface area contributed by atoms with Gasteiger partial charge in [0.2, 0.25) is 0 Å². The second-order valence-corrected chi connectivity index (χ2v) is 9.51. The molecule has 2 aliphatic heterocycles. The number of esters is 1. The number of rotatable bonds is 8. The van der Waals surface area contributed by atoms with Crippen molar-refractivity contribution in [2.75, 3.05) is 24.7 Å². The summed E-state index contributed by atoms with van der Waals surface area (Å²) in [6.07, 6.45) is 1.63. The van der Waals surface area contributed by atoms with Crippen molar-refractivity contribution >= 4 is 29.5 Å². The minimum Gasteiger partial charge on any atom is -0.465 e. The normalized spacial score (nSPS) is 27.1. The quantitative estimate of drug-likeness (QED) is 0.677. The van der Waals surface area contributed by atoms with E-state index in [-0.39, 0.29) is 18.7 Å². The van der Waals surface area contributed by atoms with Gasteiger partial charge in [0, 0.05) is 24.5 Å². The van der Waals surface area contributed by atoms with Crippen molar-refractivity contribution in [3.8, 4) is 0 Å². The number of thioether (sulfide) groups is 2. The van der Waals surface area contributed by atoms with Crippen LogP contribution in [0.5, 0.6) is 0 Å². The van der Waals surface area contributed by atoms with Crippen molar-refractivity contribution in [3.63, 3.8) is 0 Å². The number of hydrogen-bond donors (Lipinski definition) is 1. The number of nitrogens with zero attached hydrogens (tertiary/aromatic N) is 1. The lowest BCUT2D eigenvalue weighted by molar-refractivity contribution is -0.210. The Bertz CT molecular complexity index is 582. The van der Waals surface area contributed by atoms with Gasteiger partial charge in [0.05, 0.1) is 23.8 Å². The number of carbonyl (C=O) groups excluding carboxylic acids is 1. The Morgan fingerprint density at radius 3 is 2.73 bits per heavy atom. The van der Waals surface area contributed by atoms with Crippen LogP contribution in [0, 0.1) is 0 Å². The molecule has 2 aliphatic rings. The Kier molecular flexibility index (Phi) is 7.28. The first-order valence-corrected chi connectivity index (χ1v) is 11.3. The molecule has 0 amide bonds. The molecule has 3 rings (SSSR count). The Morgan fingerprint density at radius 2 is 2.08 bits per heavy atom. The zero-order valence-electron chi connectivity index (χ0n) is 15.1. The Balaban J connectivity index is 1.87. The molecule has 1 N–H and O–H groups in total. The van der Waals surface area contributed by atoms with E-state index in [1.165, 1.54) is 0 Å². The Labute approximate surface area is 163 Å². The molecule has 0 aliphatic carbocycles. The highest BCUT2D eigenvalue weighted by Gasteiger charge is 2.55. The average Bonchev–Trinajstić information content (AvgIpc) is 3.26. The van der Waals surface area contributed by atoms with Crippen LogP contribution in [0.15, 0.2) is 30.3 Å². The predicted octanol–water partition coefficient (Wildman–Crippen LogP) is 3.07. The average molecular weight is 398 g/mol. The van der Waals surface area contributed by atoms with Crippen LogP contribution in [0.1, 0.15) is 31.7 Å². The summed E-state index contributed by atoms with van der Waals surface area (Å²) in [5.74, 6) is 2.03. The van der Waals surface area contributed by atoms with Gasteiger partial charge in [-0.1, -0.05) is 30.3 Å². The molecule has 1 aromatic carbocycles. The first-order valence-electron chi connectivity index (χ1n) is 9.17. The summed E-state index contributed by atoms with van der Waals surface area (Å²) in [6.45, 7) is 2.78. The van der Waals surface area contributed by atoms with E-state index in [0.29, 0.717) is 37.0 Å². The van der Waals surface area contributed by atoms with Crippen LogP contribution in [0.2, 0.25) is 0 Å². The van der Waals surface area contributed by atoms with E-state index < -0.39 is 5.54 Å². The molecular formula is C19H27NO4S2. The molecule has 5 nitrogen and oxygen atoms in total. The fourth-order valence-corrected chi connectivity index (χ4v) is 6.60. The van der Waals surface area contributed by atoms with Crippen LogP contribution in [-0.2, 0) is 20.9 Å². The monoisotopic (exact) mass is 397 g/mol. The van der Waals surface area contributed by atoms with Gasteiger partial charge in [0.1, 0.15) is 5.54 Å². The minimum atomic E-state index is -0.791. The second-order valence-electron chi connectivity index (χ2n) is 6.59. The molecule has 2 atom stereocenters. The molecular weight excluding hydrogens is 370 g/mol. The first-order chi connectivity index (χ1) is 12.7. The molecule has 0 unspecified atom stereocenters. The zero-order chi connectivity index (χ0) is 18.4. The Morgan fingerprint density at radius 1 is 1.35 bits per heavy atom. The summed E-state index contributed by atoms with van der Waals surface area (Å²) in [5, 5.41) is 11.2. The molecule has 7 heteroatoms. The highest BCUT2D eigenvalue weighted by Crippen LogP contribution is 2.45. The lowest BCUT2D eigenvalue weighted by Crippen LogP contribution is -2.51. The van der Waals surface area contributed by atoms with Gasteiger partial charge in [0.15, 0.2) is 0 Å². The molecule has 26 heavy (non-hydrogen) atoms. The molecule has 0 saturated carbocycles. The van der Waals surface area contributed by atoms with E-state index in [1.54, 1.807) is 0 Å². The van der Waals surface area contributed by atoms with Crippen molar-refractivity contribution in [2.45, 2.75) is 49.0 Å². The number of carbonyl (C=O) groups is 1. The van der Waals surface area contributed by atoms with Gasteiger partial charge in [-0.05, 0) is 25.3 Å². The molecule has 0 bridgehead atoms. The molecule has 2 saturated heterocycles. The third-order valence-electron chi connectivity index (χ3n) is 4.79. The van der Waals surface area contributed by atoms with Crippen molar-refractivity contribution in [3.05, 3.63) is 35.9 Å². The van der Waals surface area contributed by atoms with E-state index in [1.807, 2.05) is 65.8 Å². The van der Waals surface area contributed by atoms with Gasteiger partial charge in [-0.25, -0.2) is 4.79 Å². The fourth-order valence-electron chi connectivity index (χ4n) is 3.55. The number of hydroxylamine groups is 2. The smallest absolute Gasteiger partial charge is 0.329 e. The van der Waals surface area contributed by atoms with Crippen LogP contribution in [0.25, 0.3) is 0 Å². The number of ether oxygens (including phenoxy) is 1. The molecule has 2 heterocycles. The predicted molar refractivity (Wildman–Crippen MR) is 106 cm³/mol. The maximum absolute atomic E-state index is 13.1. The largest absolute Gasteiger partial charge is 0.465 e. The van der Waals surface area contributed by atoms with E-state index in [0.717, 1.165) is 17.1 Å². The van der Waals surface area contributed by atoms with Crippen LogP contribution in [0.3, 0.4) is 0 Å². The summed E-state index contributed by atoms with van der Waals surface area (Å²) in [7, 11) is 0. The summed E-state index contributed by atoms with van der Waals surface area (Å²) in [6, 6.07) is 10.0. The van der Waals surface area contributed by atoms with Crippen molar-refractivity contribution in [1.29, 1.82) is 0 Å². The fraction of sp³-hybridized carbons (Fsp3) is 0.632. The van der Waals surface area contributed by atoms with Crippen LogP contribution >= 0.6 is 23.5 Å². The third-order valence-corrected chi connectivity index (χ3v) is 7.82. The summed E-state index contributed by atoms with van der Waals surface area (Å²) >= 11 is 3.82. The van der Waals surface area contributed by atoms with Gasteiger partial charge >= 0.3 is 5.97 Å². The van der Waals surface area contributed by atoms with Crippen LogP contribution < -0.4 is 0 Å². The maximum Gasteiger partial charge on any atom is 0.329 e. The lowest BCUT2D eigenvalue weighted by Gasteiger charge is -2.35. The zero-order valence-corrected chi connectivity index (χ0v) is 16.8. The van der Waals surface area contributed by atoms with Gasteiger partial charge in [-0.15, -0.1) is 23.5 Å². The van der Waals surface area contributed by atoms with Gasteiger partial charge in [-0.2, -0.15) is 5.06 Å². The van der Waals surface area contributed by atoms with Gasteiger partial charge < -0.3 is 9.84 Å². The van der Waals surface area contributed by atoms with Crippen molar-refractivity contribution in [1.82, 2.24) is 5.06 Å². The van der Waals surface area contributed by atoms with Crippen molar-refractivity contribution in [2.24, 2.45) is 0 Å². The van der Waals surface area contributed by atoms with E-state index in [9.17, 15) is 9.90 Å². The number of aliphatic hydroxyl groups is 1. The van der Waals surface area contributed by atoms with E-state index in [4.69, 9.17) is 9.57 Å². The summed E-state index contributed by atoms with van der Waals surface area (Å²) in [5.41, 5.74) is 0.304. The van der Waals surface area contributed by atoms with Crippen LogP contribution in [-0.4, -0.2) is 57.1 Å². The molecule has 0 aromatic heterocycles. The maximum atomic E-state index is 13.1. The van der Waals surface area contributed by atoms with Crippen LogP contribution in [0.4, 0.5) is 0 Å². The van der Waals surface area contributed by atoms with E-state index in [2.05, 4.69) is 0 Å². The summed E-state index contributed by atoms with van der Waals surface area (Å²) in [4.78, 5) is 19.2.